The van der Waals surface area contributed by atoms with Crippen LogP contribution in [0.1, 0.15) is 30.9 Å². The first-order chi connectivity index (χ1) is 7.49. The van der Waals surface area contributed by atoms with Crippen LogP contribution in [0.25, 0.3) is 0 Å². The lowest BCUT2D eigenvalue weighted by Crippen LogP contribution is -2.13. The van der Waals surface area contributed by atoms with Gasteiger partial charge in [0, 0.05) is 6.42 Å². The Hall–Kier alpha value is -1.51. The molecular formula is C13H18O3. The number of aryl methyl sites for hydroxylation is 2. The molecule has 0 aliphatic carbocycles. The fourth-order valence-corrected chi connectivity index (χ4v) is 1.41. The summed E-state index contributed by atoms with van der Waals surface area (Å²) >= 11 is 0. The zero-order valence-corrected chi connectivity index (χ0v) is 9.99. The van der Waals surface area contributed by atoms with Crippen LogP contribution >= 0.6 is 0 Å². The molecule has 0 spiro atoms. The van der Waals surface area contributed by atoms with Crippen LogP contribution < -0.4 is 4.74 Å². The Morgan fingerprint density at radius 1 is 1.38 bits per heavy atom. The van der Waals surface area contributed by atoms with Crippen LogP contribution in [0.4, 0.5) is 0 Å². The molecule has 1 rings (SSSR count). The van der Waals surface area contributed by atoms with Crippen molar-refractivity contribution < 1.29 is 14.6 Å². The summed E-state index contributed by atoms with van der Waals surface area (Å²) in [7, 11) is 0. The van der Waals surface area contributed by atoms with Gasteiger partial charge in [-0.3, -0.25) is 4.79 Å². The van der Waals surface area contributed by atoms with Crippen LogP contribution in [0.5, 0.6) is 5.75 Å². The molecule has 16 heavy (non-hydrogen) atoms. The minimum atomic E-state index is -0.782. The Kier molecular flexibility index (Phi) is 4.35. The van der Waals surface area contributed by atoms with Gasteiger partial charge in [0.05, 0.1) is 6.10 Å². The first-order valence-corrected chi connectivity index (χ1v) is 5.44. The van der Waals surface area contributed by atoms with Gasteiger partial charge < -0.3 is 9.84 Å². The molecule has 0 aliphatic heterocycles. The number of carboxylic acid groups (broad SMARTS) is 1. The maximum Gasteiger partial charge on any atom is 0.303 e. The second kappa shape index (κ2) is 5.54. The van der Waals surface area contributed by atoms with Crippen molar-refractivity contribution in [3.05, 3.63) is 29.3 Å². The molecule has 1 aromatic rings. The van der Waals surface area contributed by atoms with Crippen LogP contribution in [-0.2, 0) is 4.79 Å². The molecule has 0 amide bonds. The summed E-state index contributed by atoms with van der Waals surface area (Å²) < 4.78 is 5.64. The number of aliphatic carboxylic acids is 1. The third kappa shape index (κ3) is 3.93. The van der Waals surface area contributed by atoms with E-state index in [-0.39, 0.29) is 12.5 Å². The fourth-order valence-electron chi connectivity index (χ4n) is 1.41. The van der Waals surface area contributed by atoms with Gasteiger partial charge in [-0.1, -0.05) is 6.07 Å². The number of carboxylic acids is 1. The second-order valence-corrected chi connectivity index (χ2v) is 4.11. The maximum atomic E-state index is 10.4. The van der Waals surface area contributed by atoms with E-state index in [4.69, 9.17) is 9.84 Å². The number of ether oxygens (including phenoxy) is 1. The van der Waals surface area contributed by atoms with Crippen molar-refractivity contribution in [2.45, 2.75) is 39.7 Å². The van der Waals surface area contributed by atoms with Crippen LogP contribution in [0, 0.1) is 13.8 Å². The molecule has 0 aromatic heterocycles. The fraction of sp³-hybridized carbons (Fsp3) is 0.462. The van der Waals surface area contributed by atoms with Crippen molar-refractivity contribution in [3.8, 4) is 5.75 Å². The number of hydrogen-bond donors (Lipinski definition) is 1. The molecule has 3 nitrogen and oxygen atoms in total. The van der Waals surface area contributed by atoms with E-state index in [0.717, 1.165) is 5.75 Å². The Balaban J connectivity index is 2.52. The third-order valence-electron chi connectivity index (χ3n) is 2.58. The summed E-state index contributed by atoms with van der Waals surface area (Å²) in [6.45, 7) is 5.97. The molecule has 0 saturated carbocycles. The summed E-state index contributed by atoms with van der Waals surface area (Å²) in [5.41, 5.74) is 2.41. The minimum absolute atomic E-state index is 0.0711. The number of rotatable bonds is 5. The van der Waals surface area contributed by atoms with Crippen molar-refractivity contribution in [1.29, 1.82) is 0 Å². The van der Waals surface area contributed by atoms with E-state index in [1.54, 1.807) is 0 Å². The molecule has 0 fully saturated rings. The van der Waals surface area contributed by atoms with Gasteiger partial charge >= 0.3 is 5.97 Å². The zero-order valence-electron chi connectivity index (χ0n) is 9.99. The topological polar surface area (TPSA) is 46.5 Å². The molecule has 88 valence electrons. The number of carbonyl (C=O) groups is 1. The van der Waals surface area contributed by atoms with Gasteiger partial charge in [-0.25, -0.2) is 0 Å². The lowest BCUT2D eigenvalue weighted by molar-refractivity contribution is -0.137. The average molecular weight is 222 g/mol. The third-order valence-corrected chi connectivity index (χ3v) is 2.58. The SMILES string of the molecule is Cc1ccc(OC(C)CCC(=O)O)cc1C. The standard InChI is InChI=1S/C13H18O3/c1-9-4-6-12(8-10(9)2)16-11(3)5-7-13(14)15/h4,6,8,11H,5,7H2,1-3H3,(H,14,15). The van der Waals surface area contributed by atoms with Crippen molar-refractivity contribution in [2.24, 2.45) is 0 Å². The van der Waals surface area contributed by atoms with E-state index >= 15 is 0 Å². The lowest BCUT2D eigenvalue weighted by atomic mass is 10.1. The van der Waals surface area contributed by atoms with E-state index in [1.807, 2.05) is 39.0 Å². The van der Waals surface area contributed by atoms with Gasteiger partial charge in [0.2, 0.25) is 0 Å². The van der Waals surface area contributed by atoms with Gasteiger partial charge in [-0.05, 0) is 50.5 Å². The molecule has 1 N–H and O–H groups in total. The highest BCUT2D eigenvalue weighted by molar-refractivity contribution is 5.66. The molecular weight excluding hydrogens is 204 g/mol. The molecule has 3 heteroatoms. The molecule has 0 bridgehead atoms. The van der Waals surface area contributed by atoms with E-state index in [2.05, 4.69) is 0 Å². The normalized spacial score (nSPS) is 12.2. The van der Waals surface area contributed by atoms with Gasteiger partial charge in [-0.2, -0.15) is 0 Å². The quantitative estimate of drug-likeness (QED) is 0.833. The van der Waals surface area contributed by atoms with Crippen LogP contribution in [0.15, 0.2) is 18.2 Å². The average Bonchev–Trinajstić information content (AvgIpc) is 2.21. The Morgan fingerprint density at radius 3 is 2.62 bits per heavy atom. The predicted molar refractivity (Wildman–Crippen MR) is 62.9 cm³/mol. The Labute approximate surface area is 96.1 Å². The van der Waals surface area contributed by atoms with Crippen molar-refractivity contribution in [2.75, 3.05) is 0 Å². The van der Waals surface area contributed by atoms with Crippen molar-refractivity contribution >= 4 is 5.97 Å². The van der Waals surface area contributed by atoms with E-state index in [9.17, 15) is 4.79 Å². The van der Waals surface area contributed by atoms with Crippen molar-refractivity contribution in [3.63, 3.8) is 0 Å². The predicted octanol–water partition coefficient (Wildman–Crippen LogP) is 2.94. The van der Waals surface area contributed by atoms with Crippen LogP contribution in [-0.4, -0.2) is 17.2 Å². The van der Waals surface area contributed by atoms with Crippen molar-refractivity contribution in [1.82, 2.24) is 0 Å². The van der Waals surface area contributed by atoms with E-state index in [0.29, 0.717) is 6.42 Å². The van der Waals surface area contributed by atoms with Crippen LogP contribution in [0.3, 0.4) is 0 Å². The molecule has 0 heterocycles. The van der Waals surface area contributed by atoms with Gasteiger partial charge in [0.15, 0.2) is 0 Å². The largest absolute Gasteiger partial charge is 0.491 e. The summed E-state index contributed by atoms with van der Waals surface area (Å²) in [5, 5.41) is 8.55. The van der Waals surface area contributed by atoms with Crippen LogP contribution in [0.2, 0.25) is 0 Å². The zero-order chi connectivity index (χ0) is 12.1. The summed E-state index contributed by atoms with van der Waals surface area (Å²) in [5.74, 6) is 0.0246. The molecule has 0 radical (unpaired) electrons. The molecule has 1 aromatic carbocycles. The van der Waals surface area contributed by atoms with E-state index in [1.165, 1.54) is 11.1 Å². The lowest BCUT2D eigenvalue weighted by Gasteiger charge is -2.14. The number of hydrogen-bond acceptors (Lipinski definition) is 2. The molecule has 1 unspecified atom stereocenters. The first kappa shape index (κ1) is 12.6. The summed E-state index contributed by atoms with van der Waals surface area (Å²) in [6.07, 6.45) is 0.604. The minimum Gasteiger partial charge on any atom is -0.491 e. The van der Waals surface area contributed by atoms with Gasteiger partial charge in [0.25, 0.3) is 0 Å². The van der Waals surface area contributed by atoms with Gasteiger partial charge in [-0.15, -0.1) is 0 Å². The summed E-state index contributed by atoms with van der Waals surface area (Å²) in [6, 6.07) is 5.90. The Bertz CT molecular complexity index is 371. The second-order valence-electron chi connectivity index (χ2n) is 4.11. The highest BCUT2D eigenvalue weighted by Gasteiger charge is 2.07. The first-order valence-electron chi connectivity index (χ1n) is 5.44. The van der Waals surface area contributed by atoms with Gasteiger partial charge in [0.1, 0.15) is 5.75 Å². The highest BCUT2D eigenvalue weighted by atomic mass is 16.5. The monoisotopic (exact) mass is 222 g/mol. The highest BCUT2D eigenvalue weighted by Crippen LogP contribution is 2.18. The Morgan fingerprint density at radius 2 is 2.06 bits per heavy atom. The smallest absolute Gasteiger partial charge is 0.303 e. The molecule has 0 saturated heterocycles. The molecule has 1 atom stereocenters. The summed E-state index contributed by atoms with van der Waals surface area (Å²) in [4.78, 5) is 10.4. The van der Waals surface area contributed by atoms with E-state index < -0.39 is 5.97 Å². The maximum absolute atomic E-state index is 10.4. The number of benzene rings is 1. The molecule has 0 aliphatic rings.